The zero-order valence-corrected chi connectivity index (χ0v) is 17.4. The molecule has 0 aromatic rings. The van der Waals surface area contributed by atoms with Crippen molar-refractivity contribution in [3.05, 3.63) is 11.6 Å². The van der Waals surface area contributed by atoms with Crippen LogP contribution in [0.3, 0.4) is 0 Å². The van der Waals surface area contributed by atoms with Gasteiger partial charge in [0.25, 0.3) is 0 Å². The molecule has 3 aliphatic rings. The van der Waals surface area contributed by atoms with Gasteiger partial charge in [-0.1, -0.05) is 11.6 Å². The molecule has 0 bridgehead atoms. The van der Waals surface area contributed by atoms with Crippen LogP contribution in [0.1, 0.15) is 40.0 Å². The van der Waals surface area contributed by atoms with E-state index in [-0.39, 0.29) is 12.0 Å². The van der Waals surface area contributed by atoms with E-state index >= 15 is 0 Å². The Morgan fingerprint density at radius 3 is 2.61 bits per heavy atom. The van der Waals surface area contributed by atoms with Crippen molar-refractivity contribution in [1.82, 2.24) is 5.32 Å². The predicted molar refractivity (Wildman–Crippen MR) is 100 cm³/mol. The van der Waals surface area contributed by atoms with Gasteiger partial charge in [-0.15, -0.1) is 11.6 Å². The highest BCUT2D eigenvalue weighted by atomic mass is 35.5. The van der Waals surface area contributed by atoms with Gasteiger partial charge in [-0.05, 0) is 40.0 Å². The first kappa shape index (κ1) is 21.5. The minimum atomic E-state index is -1.51. The van der Waals surface area contributed by atoms with Gasteiger partial charge < -0.3 is 24.1 Å². The molecule has 158 valence electrons. The average Bonchev–Trinajstić information content (AvgIpc) is 3.54. The lowest BCUT2D eigenvalue weighted by Crippen LogP contribution is -2.70. The Hall–Kier alpha value is -1.19. The first-order valence-electron chi connectivity index (χ1n) is 9.40. The van der Waals surface area contributed by atoms with Crippen molar-refractivity contribution in [1.29, 1.82) is 0 Å². The highest BCUT2D eigenvalue weighted by Crippen LogP contribution is 2.62. The zero-order valence-electron chi connectivity index (χ0n) is 16.6. The summed E-state index contributed by atoms with van der Waals surface area (Å²) in [6.07, 6.45) is 0.873. The number of epoxide rings is 2. The second kappa shape index (κ2) is 7.57. The third-order valence-corrected chi connectivity index (χ3v) is 6.33. The molecular formula is C19H28ClNO7. The maximum Gasteiger partial charge on any atom is 0.414 e. The number of imide groups is 1. The van der Waals surface area contributed by atoms with E-state index in [2.05, 4.69) is 6.08 Å². The van der Waals surface area contributed by atoms with Gasteiger partial charge in [-0.2, -0.15) is 0 Å². The summed E-state index contributed by atoms with van der Waals surface area (Å²) < 4.78 is 22.7. The number of aliphatic hydroxyl groups is 1. The monoisotopic (exact) mass is 417 g/mol. The number of methoxy groups -OCH3 is 1. The van der Waals surface area contributed by atoms with Crippen LogP contribution in [-0.2, 0) is 23.7 Å². The number of carbonyl (C=O) groups excluding carboxylic acids is 2. The molecule has 1 spiro atoms. The molecule has 9 heteroatoms. The highest BCUT2D eigenvalue weighted by molar-refractivity contribution is 6.28. The zero-order chi connectivity index (χ0) is 20.7. The number of carbonyl (C=O) groups is 2. The molecule has 1 aliphatic carbocycles. The van der Waals surface area contributed by atoms with Gasteiger partial charge in [0.2, 0.25) is 5.91 Å². The number of amides is 2. The van der Waals surface area contributed by atoms with Crippen molar-refractivity contribution in [2.24, 2.45) is 0 Å². The molecule has 0 aromatic carbocycles. The first-order chi connectivity index (χ1) is 13.1. The van der Waals surface area contributed by atoms with E-state index in [0.29, 0.717) is 25.9 Å². The lowest BCUT2D eigenvalue weighted by atomic mass is 9.64. The van der Waals surface area contributed by atoms with Crippen molar-refractivity contribution in [3.63, 3.8) is 0 Å². The number of nitrogens with one attached hydrogen (secondary N) is 1. The SMILES string of the molecule is CO[C@@H]1[C@H](OC(=O)NC(=O)CCl)CC[C@]2(CO2)[C@@]1(O)[C@]1(C)OC1CC=C(C)C. The molecule has 2 amide bonds. The minimum absolute atomic E-state index is 0.198. The number of halogens is 1. The summed E-state index contributed by atoms with van der Waals surface area (Å²) in [5.74, 6) is -1.01. The van der Waals surface area contributed by atoms with Crippen molar-refractivity contribution in [2.75, 3.05) is 19.6 Å². The molecule has 2 aliphatic heterocycles. The lowest BCUT2D eigenvalue weighted by Gasteiger charge is -2.49. The smallest absolute Gasteiger partial charge is 0.414 e. The van der Waals surface area contributed by atoms with Crippen LogP contribution in [0.4, 0.5) is 4.79 Å². The number of allylic oxidation sites excluding steroid dienone is 1. The summed E-state index contributed by atoms with van der Waals surface area (Å²) in [4.78, 5) is 23.3. The molecule has 0 aromatic heterocycles. The fraction of sp³-hybridized carbons (Fsp3) is 0.789. The van der Waals surface area contributed by atoms with Crippen LogP contribution in [-0.4, -0.2) is 71.8 Å². The molecule has 1 unspecified atom stereocenters. The van der Waals surface area contributed by atoms with E-state index in [9.17, 15) is 14.7 Å². The summed E-state index contributed by atoms with van der Waals surface area (Å²) in [5, 5.41) is 13.9. The number of alkyl halides is 1. The maximum atomic E-state index is 12.0. The number of ether oxygens (including phenoxy) is 4. The van der Waals surface area contributed by atoms with Crippen LogP contribution in [0.5, 0.6) is 0 Å². The standard InChI is InChI=1S/C19H28ClNO7/c1-11(2)5-6-13-17(3,28-13)19(24)15(25-4)12(7-8-18(19)10-26-18)27-16(23)21-14(22)9-20/h5,12-13,15,24H,6-10H2,1-4H3,(H,21,22,23)/t12-,13?,15-,17-,18+,19+/m1/s1. The molecule has 6 atom stereocenters. The molecular weight excluding hydrogens is 390 g/mol. The van der Waals surface area contributed by atoms with Gasteiger partial charge in [-0.25, -0.2) is 4.79 Å². The Balaban J connectivity index is 1.81. The number of rotatable bonds is 6. The van der Waals surface area contributed by atoms with Gasteiger partial charge in [0, 0.05) is 7.11 Å². The Bertz CT molecular complexity index is 675. The molecule has 2 saturated heterocycles. The van der Waals surface area contributed by atoms with Crippen LogP contribution < -0.4 is 5.32 Å². The van der Waals surface area contributed by atoms with E-state index in [1.54, 1.807) is 0 Å². The highest BCUT2D eigenvalue weighted by Gasteiger charge is 2.81. The third-order valence-electron chi connectivity index (χ3n) is 6.09. The summed E-state index contributed by atoms with van der Waals surface area (Å²) in [7, 11) is 1.45. The quantitative estimate of drug-likeness (QED) is 0.384. The largest absolute Gasteiger partial charge is 0.443 e. The van der Waals surface area contributed by atoms with E-state index in [1.165, 1.54) is 7.11 Å². The molecule has 2 heterocycles. The fourth-order valence-electron chi connectivity index (χ4n) is 4.40. The van der Waals surface area contributed by atoms with Gasteiger partial charge in [-0.3, -0.25) is 10.1 Å². The Morgan fingerprint density at radius 2 is 2.07 bits per heavy atom. The number of alkyl carbamates (subject to hydrolysis) is 1. The summed E-state index contributed by atoms with van der Waals surface area (Å²) in [5.41, 5.74) is -2.03. The molecule has 3 rings (SSSR count). The minimum Gasteiger partial charge on any atom is -0.443 e. The lowest BCUT2D eigenvalue weighted by molar-refractivity contribution is -0.223. The van der Waals surface area contributed by atoms with Crippen LogP contribution >= 0.6 is 11.6 Å². The van der Waals surface area contributed by atoms with Gasteiger partial charge in [0.05, 0.1) is 12.7 Å². The van der Waals surface area contributed by atoms with Crippen molar-refractivity contribution < 1.29 is 33.6 Å². The molecule has 1 saturated carbocycles. The van der Waals surface area contributed by atoms with E-state index < -0.39 is 41.0 Å². The molecule has 2 N–H and O–H groups in total. The van der Waals surface area contributed by atoms with Crippen LogP contribution in [0.15, 0.2) is 11.6 Å². The van der Waals surface area contributed by atoms with Crippen molar-refractivity contribution in [3.8, 4) is 0 Å². The van der Waals surface area contributed by atoms with Crippen molar-refractivity contribution >= 4 is 23.6 Å². The van der Waals surface area contributed by atoms with Crippen LogP contribution in [0.25, 0.3) is 0 Å². The second-order valence-corrected chi connectivity index (χ2v) is 8.37. The second-order valence-electron chi connectivity index (χ2n) is 8.10. The molecule has 8 nitrogen and oxygen atoms in total. The van der Waals surface area contributed by atoms with E-state index in [4.69, 9.17) is 30.5 Å². The van der Waals surface area contributed by atoms with Gasteiger partial charge in [0.15, 0.2) is 5.60 Å². The Kier molecular flexibility index (Phi) is 5.82. The Morgan fingerprint density at radius 1 is 1.39 bits per heavy atom. The van der Waals surface area contributed by atoms with E-state index in [0.717, 1.165) is 5.57 Å². The summed E-state index contributed by atoms with van der Waals surface area (Å²) in [6, 6.07) is 0. The van der Waals surface area contributed by atoms with Crippen LogP contribution in [0.2, 0.25) is 0 Å². The fourth-order valence-corrected chi connectivity index (χ4v) is 4.47. The molecule has 0 radical (unpaired) electrons. The molecule has 28 heavy (non-hydrogen) atoms. The number of hydrogen-bond acceptors (Lipinski definition) is 7. The number of hydrogen-bond donors (Lipinski definition) is 2. The predicted octanol–water partition coefficient (Wildman–Crippen LogP) is 1.67. The van der Waals surface area contributed by atoms with Crippen LogP contribution in [0, 0.1) is 0 Å². The maximum absolute atomic E-state index is 12.0. The Labute approximate surface area is 169 Å². The van der Waals surface area contributed by atoms with Crippen molar-refractivity contribution in [2.45, 2.75) is 75.1 Å². The average molecular weight is 418 g/mol. The summed E-state index contributed by atoms with van der Waals surface area (Å²) >= 11 is 5.40. The normalized spacial score (nSPS) is 41.3. The topological polar surface area (TPSA) is 110 Å². The first-order valence-corrected chi connectivity index (χ1v) is 9.93. The van der Waals surface area contributed by atoms with E-state index in [1.807, 2.05) is 26.1 Å². The van der Waals surface area contributed by atoms with Gasteiger partial charge >= 0.3 is 6.09 Å². The molecule has 3 fully saturated rings. The summed E-state index contributed by atoms with van der Waals surface area (Å²) in [6.45, 7) is 6.24. The van der Waals surface area contributed by atoms with Gasteiger partial charge in [0.1, 0.15) is 29.3 Å². The third kappa shape index (κ3) is 3.45.